The third-order valence-electron chi connectivity index (χ3n) is 7.04. The van der Waals surface area contributed by atoms with E-state index in [0.717, 1.165) is 51.6 Å². The van der Waals surface area contributed by atoms with E-state index in [2.05, 4.69) is 70.5 Å². The summed E-state index contributed by atoms with van der Waals surface area (Å²) in [5, 5.41) is 0. The topological polar surface area (TPSA) is 43.9 Å². The number of Topliss-reactive ketones (excluding diaryl/α,β-unsaturated/α-hetero) is 1. The van der Waals surface area contributed by atoms with E-state index in [-0.39, 0.29) is 11.6 Å². The molecule has 1 fully saturated rings. The third-order valence-corrected chi connectivity index (χ3v) is 7.04. The Balaban J connectivity index is 1.13. The van der Waals surface area contributed by atoms with Crippen molar-refractivity contribution in [3.05, 3.63) is 101 Å². The Morgan fingerprint density at radius 2 is 1.34 bits per heavy atom. The second-order valence-electron chi connectivity index (χ2n) is 9.26. The number of ketones is 1. The molecule has 0 spiro atoms. The van der Waals surface area contributed by atoms with Crippen molar-refractivity contribution in [1.82, 2.24) is 9.80 Å². The van der Waals surface area contributed by atoms with Crippen LogP contribution in [-0.4, -0.2) is 60.8 Å². The number of nitrogens with zero attached hydrogens (tertiary/aromatic N) is 3. The average molecular weight is 472 g/mol. The van der Waals surface area contributed by atoms with Gasteiger partial charge in [-0.15, -0.1) is 0 Å². The molecule has 35 heavy (non-hydrogen) atoms. The number of hydrogen-bond donors (Lipinski definition) is 0. The predicted octanol–water partition coefficient (Wildman–Crippen LogP) is 4.54. The number of anilines is 1. The molecule has 0 atom stereocenters. The molecule has 0 aromatic heterocycles. The molecule has 3 aromatic carbocycles. The molecule has 2 aliphatic rings. The van der Waals surface area contributed by atoms with Gasteiger partial charge in [0.15, 0.2) is 0 Å². The van der Waals surface area contributed by atoms with Crippen molar-refractivity contribution in [3.63, 3.8) is 0 Å². The monoisotopic (exact) mass is 471 g/mol. The zero-order valence-electron chi connectivity index (χ0n) is 19.8. The molecule has 180 valence electrons. The first-order valence-electron chi connectivity index (χ1n) is 12.3. The normalized spacial score (nSPS) is 16.8. The van der Waals surface area contributed by atoms with E-state index >= 15 is 0 Å². The van der Waals surface area contributed by atoms with E-state index in [1.54, 1.807) is 0 Å². The number of rotatable bonds is 8. The Morgan fingerprint density at radius 3 is 1.97 bits per heavy atom. The Hall–Kier alpha value is -3.35. The van der Waals surface area contributed by atoms with Gasteiger partial charge in [0.05, 0.1) is 17.3 Å². The smallest absolute Gasteiger partial charge is 0.299 e. The van der Waals surface area contributed by atoms with Crippen LogP contribution in [0.5, 0.6) is 0 Å². The number of carbonyl (C=O) groups is 2. The summed E-state index contributed by atoms with van der Waals surface area (Å²) in [5.74, 6) is -1.65. The molecule has 0 bridgehead atoms. The predicted molar refractivity (Wildman–Crippen MR) is 135 cm³/mol. The van der Waals surface area contributed by atoms with E-state index < -0.39 is 17.5 Å². The molecule has 3 aromatic rings. The van der Waals surface area contributed by atoms with Crippen LogP contribution in [0, 0.1) is 5.82 Å². The SMILES string of the molecule is O=C1C(=O)N(CCCCN2CCN(C(c3ccccc3)c3ccccc3)CC2)c2ccc(F)cc21. The van der Waals surface area contributed by atoms with Crippen molar-refractivity contribution in [2.75, 3.05) is 44.2 Å². The zero-order chi connectivity index (χ0) is 24.2. The highest BCUT2D eigenvalue weighted by atomic mass is 19.1. The van der Waals surface area contributed by atoms with Crippen LogP contribution in [-0.2, 0) is 4.79 Å². The summed E-state index contributed by atoms with van der Waals surface area (Å²) in [5.41, 5.74) is 3.34. The molecular weight excluding hydrogens is 441 g/mol. The minimum Gasteiger partial charge on any atom is -0.305 e. The molecule has 0 radical (unpaired) electrons. The largest absolute Gasteiger partial charge is 0.305 e. The number of unbranched alkanes of at least 4 members (excludes halogenated alkanes) is 1. The van der Waals surface area contributed by atoms with Gasteiger partial charge in [0, 0.05) is 32.7 Å². The average Bonchev–Trinajstić information content (AvgIpc) is 3.13. The maximum Gasteiger partial charge on any atom is 0.299 e. The lowest BCUT2D eigenvalue weighted by Gasteiger charge is -2.40. The molecular formula is C29H30FN3O2. The van der Waals surface area contributed by atoms with Crippen LogP contribution in [0.15, 0.2) is 78.9 Å². The van der Waals surface area contributed by atoms with Gasteiger partial charge >= 0.3 is 0 Å². The molecule has 0 aliphatic carbocycles. The molecule has 1 amide bonds. The summed E-state index contributed by atoms with van der Waals surface area (Å²) in [6.45, 7) is 5.42. The van der Waals surface area contributed by atoms with Crippen LogP contribution < -0.4 is 4.90 Å². The van der Waals surface area contributed by atoms with Crippen molar-refractivity contribution in [3.8, 4) is 0 Å². The third kappa shape index (κ3) is 5.04. The highest BCUT2D eigenvalue weighted by Crippen LogP contribution is 2.31. The van der Waals surface area contributed by atoms with Crippen molar-refractivity contribution >= 4 is 17.4 Å². The van der Waals surface area contributed by atoms with Gasteiger partial charge < -0.3 is 9.80 Å². The van der Waals surface area contributed by atoms with Crippen LogP contribution in [0.3, 0.4) is 0 Å². The number of carbonyl (C=O) groups excluding carboxylic acids is 2. The number of piperazine rings is 1. The van der Waals surface area contributed by atoms with Gasteiger partial charge in [0.1, 0.15) is 5.82 Å². The molecule has 0 saturated carbocycles. The summed E-state index contributed by atoms with van der Waals surface area (Å²) in [6, 6.07) is 25.6. The van der Waals surface area contributed by atoms with Gasteiger partial charge in [0.25, 0.3) is 11.7 Å². The first-order valence-corrected chi connectivity index (χ1v) is 12.3. The van der Waals surface area contributed by atoms with Gasteiger partial charge in [0.2, 0.25) is 0 Å². The maximum atomic E-state index is 13.5. The van der Waals surface area contributed by atoms with E-state index in [4.69, 9.17) is 0 Å². The van der Waals surface area contributed by atoms with Crippen LogP contribution in [0.2, 0.25) is 0 Å². The minimum atomic E-state index is -0.609. The van der Waals surface area contributed by atoms with Crippen molar-refractivity contribution in [2.45, 2.75) is 18.9 Å². The van der Waals surface area contributed by atoms with Crippen LogP contribution in [0.4, 0.5) is 10.1 Å². The maximum absolute atomic E-state index is 13.5. The van der Waals surface area contributed by atoms with Crippen LogP contribution >= 0.6 is 0 Å². The Labute approximate surface area is 205 Å². The molecule has 0 unspecified atom stereocenters. The lowest BCUT2D eigenvalue weighted by atomic mass is 9.96. The molecule has 0 N–H and O–H groups in total. The quantitative estimate of drug-likeness (QED) is 0.357. The number of hydrogen-bond acceptors (Lipinski definition) is 4. The van der Waals surface area contributed by atoms with Gasteiger partial charge in [-0.25, -0.2) is 4.39 Å². The number of amides is 1. The summed E-state index contributed by atoms with van der Waals surface area (Å²) >= 11 is 0. The molecule has 5 nitrogen and oxygen atoms in total. The second-order valence-corrected chi connectivity index (χ2v) is 9.26. The molecule has 6 heteroatoms. The van der Waals surface area contributed by atoms with Gasteiger partial charge in [-0.2, -0.15) is 0 Å². The van der Waals surface area contributed by atoms with E-state index in [9.17, 15) is 14.0 Å². The summed E-state index contributed by atoms with van der Waals surface area (Å²) < 4.78 is 13.5. The lowest BCUT2D eigenvalue weighted by molar-refractivity contribution is -0.114. The van der Waals surface area contributed by atoms with E-state index in [1.807, 2.05) is 0 Å². The number of benzene rings is 3. The summed E-state index contributed by atoms with van der Waals surface area (Å²) in [7, 11) is 0. The van der Waals surface area contributed by atoms with Crippen molar-refractivity contribution in [1.29, 1.82) is 0 Å². The van der Waals surface area contributed by atoms with Crippen molar-refractivity contribution < 1.29 is 14.0 Å². The lowest BCUT2D eigenvalue weighted by Crippen LogP contribution is -2.48. The fourth-order valence-electron chi connectivity index (χ4n) is 5.23. The zero-order valence-corrected chi connectivity index (χ0v) is 19.8. The fourth-order valence-corrected chi connectivity index (χ4v) is 5.23. The van der Waals surface area contributed by atoms with Gasteiger partial charge in [-0.05, 0) is 48.7 Å². The first kappa shape index (κ1) is 23.4. The van der Waals surface area contributed by atoms with Crippen LogP contribution in [0.25, 0.3) is 0 Å². The fraction of sp³-hybridized carbons (Fsp3) is 0.310. The molecule has 5 rings (SSSR count). The molecule has 2 aliphatic heterocycles. The minimum absolute atomic E-state index is 0.178. The summed E-state index contributed by atoms with van der Waals surface area (Å²) in [6.07, 6.45) is 1.74. The Morgan fingerprint density at radius 1 is 0.743 bits per heavy atom. The van der Waals surface area contributed by atoms with Crippen LogP contribution in [0.1, 0.15) is 40.4 Å². The number of fused-ring (bicyclic) bond motifs is 1. The van der Waals surface area contributed by atoms with E-state index in [0.29, 0.717) is 12.2 Å². The Kier molecular flexibility index (Phi) is 7.02. The van der Waals surface area contributed by atoms with Gasteiger partial charge in [-0.1, -0.05) is 60.7 Å². The number of halogens is 1. The molecule has 2 heterocycles. The standard InChI is InChI=1S/C29H30FN3O2/c30-24-13-14-26-25(21-24)28(34)29(35)33(26)16-8-7-15-31-17-19-32(20-18-31)27(22-9-3-1-4-10-22)23-11-5-2-6-12-23/h1-6,9-14,21,27H,7-8,15-20H2. The van der Waals surface area contributed by atoms with E-state index in [1.165, 1.54) is 28.2 Å². The van der Waals surface area contributed by atoms with Crippen molar-refractivity contribution in [2.24, 2.45) is 0 Å². The first-order chi connectivity index (χ1) is 17.1. The Bertz CT molecular complexity index is 1140. The molecule has 1 saturated heterocycles. The highest BCUT2D eigenvalue weighted by Gasteiger charge is 2.35. The summed E-state index contributed by atoms with van der Waals surface area (Å²) in [4.78, 5) is 31.0. The highest BCUT2D eigenvalue weighted by molar-refractivity contribution is 6.52. The second kappa shape index (κ2) is 10.5. The van der Waals surface area contributed by atoms with Gasteiger partial charge in [-0.3, -0.25) is 14.5 Å².